The third-order valence-electron chi connectivity index (χ3n) is 4.81. The van der Waals surface area contributed by atoms with Gasteiger partial charge in [-0.25, -0.2) is 0 Å². The Morgan fingerprint density at radius 2 is 1.32 bits per heavy atom. The zero-order valence-corrected chi connectivity index (χ0v) is 19.5. The molecular formula is C21H36N2OSn. The summed E-state index contributed by atoms with van der Waals surface area (Å²) in [5.41, 5.74) is 6.04. The molecule has 2 N–H and O–H groups in total. The fraction of sp³-hybridized carbons (Fsp3) is 0.619. The molecule has 1 amide bonds. The average molecular weight is 451 g/mol. The number of primary amides is 1. The molecule has 0 heterocycles. The number of nitriles is 1. The summed E-state index contributed by atoms with van der Waals surface area (Å²) in [6.07, 6.45) is 7.95. The number of hydrogen-bond donors (Lipinski definition) is 1. The molecule has 3 nitrogen and oxygen atoms in total. The first-order valence-electron chi connectivity index (χ1n) is 9.72. The number of nitrogens with zero attached hydrogens (tertiary/aromatic N) is 1. The van der Waals surface area contributed by atoms with Gasteiger partial charge in [-0.3, -0.25) is 0 Å². The fourth-order valence-corrected chi connectivity index (χ4v) is 19.3. The molecule has 1 aromatic rings. The van der Waals surface area contributed by atoms with E-state index in [0.29, 0.717) is 5.56 Å². The van der Waals surface area contributed by atoms with Crippen molar-refractivity contribution in [1.29, 1.82) is 5.26 Å². The van der Waals surface area contributed by atoms with Crippen molar-refractivity contribution in [1.82, 2.24) is 0 Å². The Kier molecular flexibility index (Phi) is 13.6. The van der Waals surface area contributed by atoms with Crippen LogP contribution in [0.1, 0.15) is 76.6 Å². The van der Waals surface area contributed by atoms with E-state index >= 15 is 0 Å². The molecule has 1 rings (SSSR count). The van der Waals surface area contributed by atoms with E-state index < -0.39 is 18.4 Å². The van der Waals surface area contributed by atoms with Crippen LogP contribution in [0.4, 0.5) is 0 Å². The van der Waals surface area contributed by atoms with E-state index in [1.807, 2.05) is 12.1 Å². The molecule has 0 aliphatic heterocycles. The number of unbranched alkanes of at least 4 members (excludes halogenated alkanes) is 3. The Morgan fingerprint density at radius 3 is 1.60 bits per heavy atom. The predicted octanol–water partition coefficient (Wildman–Crippen LogP) is 5.37. The summed E-state index contributed by atoms with van der Waals surface area (Å²) in [4.78, 5) is 11.3. The molecule has 4 heteroatoms. The maximum atomic E-state index is 11.3. The van der Waals surface area contributed by atoms with Gasteiger partial charge in [0.15, 0.2) is 0 Å². The SMILES string of the molecule is CC#N.CCC[CH2][Sn]([CH2]CCC)([CH2]CCC)[c]1ccc(C(N)=O)cc1. The van der Waals surface area contributed by atoms with Crippen LogP contribution in [0, 0.1) is 11.3 Å². The van der Waals surface area contributed by atoms with Crippen LogP contribution in [0.2, 0.25) is 13.3 Å². The third kappa shape index (κ3) is 8.76. The molecule has 25 heavy (non-hydrogen) atoms. The van der Waals surface area contributed by atoms with Crippen LogP contribution in [-0.2, 0) is 0 Å². The number of amides is 1. The van der Waals surface area contributed by atoms with Gasteiger partial charge < -0.3 is 0 Å². The topological polar surface area (TPSA) is 66.9 Å². The van der Waals surface area contributed by atoms with Crippen molar-refractivity contribution < 1.29 is 4.79 Å². The number of rotatable bonds is 11. The van der Waals surface area contributed by atoms with Gasteiger partial charge in [0.1, 0.15) is 0 Å². The van der Waals surface area contributed by atoms with E-state index in [1.54, 1.807) is 9.65 Å². The third-order valence-corrected chi connectivity index (χ3v) is 20.5. The molecule has 0 spiro atoms. The van der Waals surface area contributed by atoms with Gasteiger partial charge in [0.25, 0.3) is 0 Å². The van der Waals surface area contributed by atoms with Gasteiger partial charge in [0.05, 0.1) is 6.07 Å². The summed E-state index contributed by atoms with van der Waals surface area (Å²) in [5, 5.41) is 7.32. The first-order valence-corrected chi connectivity index (χ1v) is 17.2. The maximum absolute atomic E-state index is 11.3. The Morgan fingerprint density at radius 1 is 0.960 bits per heavy atom. The molecule has 0 aliphatic rings. The summed E-state index contributed by atoms with van der Waals surface area (Å²) in [7, 11) is 0. The molecule has 0 saturated carbocycles. The average Bonchev–Trinajstić information content (AvgIpc) is 2.62. The second-order valence-electron chi connectivity index (χ2n) is 6.76. The van der Waals surface area contributed by atoms with Crippen LogP contribution in [0.3, 0.4) is 0 Å². The number of benzene rings is 1. The molecule has 1 aromatic carbocycles. The summed E-state index contributed by atoms with van der Waals surface area (Å²) in [5.74, 6) is -0.317. The minimum atomic E-state index is -2.33. The predicted molar refractivity (Wildman–Crippen MR) is 111 cm³/mol. The van der Waals surface area contributed by atoms with Gasteiger partial charge >= 0.3 is 141 Å². The van der Waals surface area contributed by atoms with Crippen LogP contribution in [0.25, 0.3) is 0 Å². The summed E-state index contributed by atoms with van der Waals surface area (Å²) >= 11 is -2.33. The Balaban J connectivity index is 0.00000178. The summed E-state index contributed by atoms with van der Waals surface area (Å²) < 4.78 is 5.98. The van der Waals surface area contributed by atoms with Crippen LogP contribution in [0.5, 0.6) is 0 Å². The quantitative estimate of drug-likeness (QED) is 0.460. The van der Waals surface area contributed by atoms with E-state index in [1.165, 1.54) is 58.8 Å². The van der Waals surface area contributed by atoms with Crippen molar-refractivity contribution in [3.8, 4) is 6.07 Å². The molecular weight excluding hydrogens is 415 g/mol. The number of nitrogens with two attached hydrogens (primary N) is 1. The molecule has 0 unspecified atom stereocenters. The van der Waals surface area contributed by atoms with Crippen molar-refractivity contribution in [2.75, 3.05) is 0 Å². The normalized spacial score (nSPS) is 10.5. The molecule has 0 aliphatic carbocycles. The number of hydrogen-bond acceptors (Lipinski definition) is 2. The first kappa shape index (κ1) is 24.0. The van der Waals surface area contributed by atoms with Crippen molar-refractivity contribution in [3.05, 3.63) is 29.8 Å². The van der Waals surface area contributed by atoms with Gasteiger partial charge in [-0.2, -0.15) is 5.26 Å². The van der Waals surface area contributed by atoms with Crippen molar-refractivity contribution in [3.63, 3.8) is 0 Å². The monoisotopic (exact) mass is 452 g/mol. The Labute approximate surface area is 158 Å². The van der Waals surface area contributed by atoms with E-state index in [9.17, 15) is 4.79 Å². The molecule has 0 atom stereocenters. The summed E-state index contributed by atoms with van der Waals surface area (Å²) in [6.45, 7) is 8.32. The van der Waals surface area contributed by atoms with Gasteiger partial charge in [0, 0.05) is 6.92 Å². The van der Waals surface area contributed by atoms with Gasteiger partial charge in [0.2, 0.25) is 0 Å². The molecule has 0 fully saturated rings. The van der Waals surface area contributed by atoms with E-state index in [0.717, 1.165) is 0 Å². The fourth-order valence-electron chi connectivity index (χ4n) is 3.34. The van der Waals surface area contributed by atoms with Gasteiger partial charge in [-0.1, -0.05) is 0 Å². The Bertz CT molecular complexity index is 498. The van der Waals surface area contributed by atoms with Crippen molar-refractivity contribution in [2.45, 2.75) is 79.5 Å². The van der Waals surface area contributed by atoms with Crippen LogP contribution in [0.15, 0.2) is 24.3 Å². The second-order valence-corrected chi connectivity index (χ2v) is 20.0. The van der Waals surface area contributed by atoms with Crippen LogP contribution >= 0.6 is 0 Å². The standard InChI is InChI=1S/C7H6NO.3C4H9.C2H3N.Sn/c8-7(9)6-4-2-1-3-5-6;3*1-3-4-2;1-2-3;/h2-5H,(H2,8,9);3*1,3-4H2,2H3;1H3;. The molecule has 0 saturated heterocycles. The molecule has 0 radical (unpaired) electrons. The zero-order valence-electron chi connectivity index (χ0n) is 16.6. The van der Waals surface area contributed by atoms with Crippen LogP contribution < -0.4 is 9.31 Å². The molecule has 0 aromatic heterocycles. The van der Waals surface area contributed by atoms with Crippen molar-refractivity contribution in [2.24, 2.45) is 5.73 Å². The van der Waals surface area contributed by atoms with E-state index in [-0.39, 0.29) is 5.91 Å². The van der Waals surface area contributed by atoms with Crippen molar-refractivity contribution >= 4 is 27.9 Å². The summed E-state index contributed by atoms with van der Waals surface area (Å²) in [6, 6.07) is 10.1. The molecule has 0 bridgehead atoms. The van der Waals surface area contributed by atoms with Gasteiger partial charge in [-0.05, 0) is 0 Å². The van der Waals surface area contributed by atoms with Crippen LogP contribution in [-0.4, -0.2) is 24.3 Å². The van der Waals surface area contributed by atoms with E-state index in [4.69, 9.17) is 11.0 Å². The minimum absolute atomic E-state index is 0.317. The second kappa shape index (κ2) is 14.2. The van der Waals surface area contributed by atoms with Gasteiger partial charge in [-0.15, -0.1) is 0 Å². The number of carbonyl (C=O) groups is 1. The number of carbonyl (C=O) groups excluding carboxylic acids is 1. The first-order chi connectivity index (χ1) is 12.0. The van der Waals surface area contributed by atoms with E-state index in [2.05, 4.69) is 32.9 Å². The zero-order chi connectivity index (χ0) is 19.1. The molecule has 140 valence electrons. The Hall–Kier alpha value is -1.02.